The van der Waals surface area contributed by atoms with Crippen LogP contribution in [0.3, 0.4) is 0 Å². The molecule has 1 atom stereocenters. The summed E-state index contributed by atoms with van der Waals surface area (Å²) in [7, 11) is 0.222. The van der Waals surface area contributed by atoms with Gasteiger partial charge in [0.2, 0.25) is 0 Å². The Bertz CT molecular complexity index is 1010. The van der Waals surface area contributed by atoms with Crippen molar-refractivity contribution >= 4 is 16.8 Å². The highest BCUT2D eigenvalue weighted by Crippen LogP contribution is 2.36. The Morgan fingerprint density at radius 3 is 2.44 bits per heavy atom. The van der Waals surface area contributed by atoms with Crippen molar-refractivity contribution in [2.24, 2.45) is 0 Å². The van der Waals surface area contributed by atoms with Gasteiger partial charge in [-0.25, -0.2) is 4.39 Å². The molecule has 1 N–H and O–H groups in total. The zero-order chi connectivity index (χ0) is 19.6. The second kappa shape index (κ2) is 7.71. The predicted molar refractivity (Wildman–Crippen MR) is 97.6 cm³/mol. The van der Waals surface area contributed by atoms with Gasteiger partial charge in [0.15, 0.2) is 17.3 Å². The third-order valence-corrected chi connectivity index (χ3v) is 4.91. The van der Waals surface area contributed by atoms with Crippen LogP contribution in [0.1, 0.15) is 5.76 Å². The van der Waals surface area contributed by atoms with Gasteiger partial charge in [-0.15, -0.1) is 0 Å². The number of rotatable bonds is 6. The van der Waals surface area contributed by atoms with Crippen molar-refractivity contribution in [3.8, 4) is 28.1 Å². The summed E-state index contributed by atoms with van der Waals surface area (Å²) in [5.74, 6) is -1.41. The summed E-state index contributed by atoms with van der Waals surface area (Å²) in [6.45, 7) is 0. The van der Waals surface area contributed by atoms with Gasteiger partial charge in [-0.2, -0.15) is 0 Å². The van der Waals surface area contributed by atoms with Crippen molar-refractivity contribution in [3.05, 3.63) is 54.0 Å². The van der Waals surface area contributed by atoms with Crippen molar-refractivity contribution < 1.29 is 27.8 Å². The molecule has 1 heterocycles. The minimum absolute atomic E-state index is 0.0873. The molecule has 3 rings (SSSR count). The quantitative estimate of drug-likeness (QED) is 0.694. The van der Waals surface area contributed by atoms with E-state index in [1.54, 1.807) is 36.6 Å². The molecule has 6 nitrogen and oxygen atoms in total. The normalized spacial score (nSPS) is 12.0. The van der Waals surface area contributed by atoms with Crippen molar-refractivity contribution in [2.75, 3.05) is 13.4 Å². The van der Waals surface area contributed by atoms with Gasteiger partial charge in [0.05, 0.1) is 12.7 Å². The number of aromatic nitrogens is 1. The Morgan fingerprint density at radius 1 is 1.22 bits per heavy atom. The lowest BCUT2D eigenvalue weighted by Gasteiger charge is -2.07. The molecule has 8 heteroatoms. The van der Waals surface area contributed by atoms with E-state index in [2.05, 4.69) is 5.16 Å². The molecule has 3 aromatic rings. The number of halogens is 1. The van der Waals surface area contributed by atoms with Gasteiger partial charge >= 0.3 is 5.97 Å². The van der Waals surface area contributed by atoms with Gasteiger partial charge < -0.3 is 14.4 Å². The van der Waals surface area contributed by atoms with Crippen molar-refractivity contribution in [3.63, 3.8) is 0 Å². The Labute approximate surface area is 157 Å². The first-order valence-electron chi connectivity index (χ1n) is 7.88. The van der Waals surface area contributed by atoms with Gasteiger partial charge in [-0.05, 0) is 35.9 Å². The molecule has 0 aliphatic rings. The van der Waals surface area contributed by atoms with Crippen LogP contribution in [0.2, 0.25) is 0 Å². The lowest BCUT2D eigenvalue weighted by Crippen LogP contribution is -2.00. The molecule has 1 unspecified atom stereocenters. The topological polar surface area (TPSA) is 89.6 Å². The number of hydrogen-bond donors (Lipinski definition) is 1. The van der Waals surface area contributed by atoms with Crippen LogP contribution >= 0.6 is 0 Å². The summed E-state index contributed by atoms with van der Waals surface area (Å²) in [4.78, 5) is 11.8. The first-order valence-corrected chi connectivity index (χ1v) is 9.44. The fourth-order valence-corrected chi connectivity index (χ4v) is 3.22. The van der Waals surface area contributed by atoms with E-state index in [4.69, 9.17) is 14.4 Å². The van der Waals surface area contributed by atoms with E-state index < -0.39 is 22.6 Å². The van der Waals surface area contributed by atoms with Crippen LogP contribution in [-0.4, -0.2) is 33.8 Å². The van der Waals surface area contributed by atoms with Gasteiger partial charge in [-0.1, -0.05) is 17.3 Å². The van der Waals surface area contributed by atoms with Crippen LogP contribution in [0.4, 0.5) is 4.39 Å². The van der Waals surface area contributed by atoms with Crippen LogP contribution < -0.4 is 4.74 Å². The Kier molecular flexibility index (Phi) is 5.36. The molecule has 27 heavy (non-hydrogen) atoms. The second-order valence-corrected chi connectivity index (χ2v) is 7.11. The molecule has 0 bridgehead atoms. The number of carboxylic acid groups (broad SMARTS) is 1. The summed E-state index contributed by atoms with van der Waals surface area (Å²) in [6.07, 6.45) is 1.19. The molecule has 1 aromatic heterocycles. The Morgan fingerprint density at radius 2 is 1.89 bits per heavy atom. The first kappa shape index (κ1) is 18.8. The first-order chi connectivity index (χ1) is 12.9. The van der Waals surface area contributed by atoms with Crippen LogP contribution in [0, 0.1) is 5.82 Å². The molecule has 0 aliphatic carbocycles. The van der Waals surface area contributed by atoms with Gasteiger partial charge in [0, 0.05) is 27.5 Å². The maximum Gasteiger partial charge on any atom is 0.311 e. The number of aliphatic carboxylic acids is 1. The van der Waals surface area contributed by atoms with E-state index in [9.17, 15) is 13.4 Å². The lowest BCUT2D eigenvalue weighted by molar-refractivity contribution is -0.136. The van der Waals surface area contributed by atoms with E-state index in [-0.39, 0.29) is 17.9 Å². The molecule has 140 valence electrons. The van der Waals surface area contributed by atoms with Crippen LogP contribution in [-0.2, 0) is 22.0 Å². The van der Waals surface area contributed by atoms with Crippen molar-refractivity contribution in [1.29, 1.82) is 0 Å². The maximum absolute atomic E-state index is 14.1. The third-order valence-electron chi connectivity index (χ3n) is 3.97. The van der Waals surface area contributed by atoms with Gasteiger partial charge in [0.25, 0.3) is 0 Å². The molecule has 0 aliphatic heterocycles. The minimum atomic E-state index is -1.14. The van der Waals surface area contributed by atoms with Crippen LogP contribution in [0.15, 0.2) is 51.9 Å². The zero-order valence-electron chi connectivity index (χ0n) is 14.6. The molecule has 0 saturated heterocycles. The summed E-state index contributed by atoms with van der Waals surface area (Å²) >= 11 is 0. The van der Waals surface area contributed by atoms with E-state index in [1.807, 2.05) is 0 Å². The average Bonchev–Trinajstić information content (AvgIpc) is 3.04. The maximum atomic E-state index is 14.1. The number of benzene rings is 2. The number of carboxylic acids is 1. The highest BCUT2D eigenvalue weighted by atomic mass is 32.2. The number of ether oxygens (including phenoxy) is 1. The molecular weight excluding hydrogens is 373 g/mol. The highest BCUT2D eigenvalue weighted by Gasteiger charge is 2.22. The standard InChI is InChI=1S/C19H16FNO5S/c1-25-15-8-5-12(9-14(15)20)19-18(16(26-21-19)10-17(22)23)11-3-6-13(7-4-11)27(2)24/h3-9H,10H2,1-2H3,(H,22,23). The molecule has 2 aromatic carbocycles. The van der Waals surface area contributed by atoms with Crippen molar-refractivity contribution in [1.82, 2.24) is 5.16 Å². The van der Waals surface area contributed by atoms with Crippen LogP contribution in [0.5, 0.6) is 5.75 Å². The number of hydrogen-bond acceptors (Lipinski definition) is 5. The average molecular weight is 389 g/mol. The summed E-state index contributed by atoms with van der Waals surface area (Å²) < 4.78 is 35.9. The number of methoxy groups -OCH3 is 1. The predicted octanol–water partition coefficient (Wildman–Crippen LogP) is 3.52. The minimum Gasteiger partial charge on any atom is -0.494 e. The SMILES string of the molecule is COc1ccc(-c2noc(CC(=O)O)c2-c2ccc(S(C)=O)cc2)cc1F. The van der Waals surface area contributed by atoms with Crippen molar-refractivity contribution in [2.45, 2.75) is 11.3 Å². The molecule has 0 saturated carbocycles. The summed E-state index contributed by atoms with van der Waals surface area (Å²) in [6, 6.07) is 11.1. The third kappa shape index (κ3) is 3.90. The largest absolute Gasteiger partial charge is 0.494 e. The van der Waals surface area contributed by atoms with E-state index in [0.29, 0.717) is 27.3 Å². The monoisotopic (exact) mass is 389 g/mol. The van der Waals surface area contributed by atoms with E-state index in [1.165, 1.54) is 19.2 Å². The molecule has 0 amide bonds. The number of nitrogens with zero attached hydrogens (tertiary/aromatic N) is 1. The molecular formula is C19H16FNO5S. The lowest BCUT2D eigenvalue weighted by atomic mass is 9.98. The number of carbonyl (C=O) groups is 1. The smallest absolute Gasteiger partial charge is 0.311 e. The molecule has 0 radical (unpaired) electrons. The molecule has 0 fully saturated rings. The second-order valence-electron chi connectivity index (χ2n) is 5.73. The summed E-state index contributed by atoms with van der Waals surface area (Å²) in [5.41, 5.74) is 1.83. The fraction of sp³-hybridized carbons (Fsp3) is 0.158. The Hall–Kier alpha value is -3.00. The van der Waals surface area contributed by atoms with Gasteiger partial charge in [0.1, 0.15) is 12.1 Å². The fourth-order valence-electron chi connectivity index (χ4n) is 2.70. The highest BCUT2D eigenvalue weighted by molar-refractivity contribution is 7.84. The van der Waals surface area contributed by atoms with E-state index in [0.717, 1.165) is 0 Å². The van der Waals surface area contributed by atoms with E-state index >= 15 is 0 Å². The summed E-state index contributed by atoms with van der Waals surface area (Å²) in [5, 5.41) is 13.1. The molecule has 0 spiro atoms. The Balaban J connectivity index is 2.15. The zero-order valence-corrected chi connectivity index (χ0v) is 15.4. The van der Waals surface area contributed by atoms with Gasteiger partial charge in [-0.3, -0.25) is 9.00 Å². The van der Waals surface area contributed by atoms with Crippen LogP contribution in [0.25, 0.3) is 22.4 Å².